The van der Waals surface area contributed by atoms with Crippen LogP contribution in [0.3, 0.4) is 0 Å². The molecule has 4 heteroatoms. The van der Waals surface area contributed by atoms with Crippen molar-refractivity contribution in [2.45, 2.75) is 0 Å². The fraction of sp³-hybridized carbons (Fsp3) is 0. The number of carbonyl (C=O) groups is 1. The van der Waals surface area contributed by atoms with Crippen molar-refractivity contribution >= 4 is 23.2 Å². The molecule has 0 heterocycles. The SMILES string of the molecule is NC(=O)c1cc(N)ccc1-c1cccc(Cl)c1. The molecule has 4 N–H and O–H groups in total. The van der Waals surface area contributed by atoms with Gasteiger partial charge in [0.1, 0.15) is 0 Å². The van der Waals surface area contributed by atoms with Crippen molar-refractivity contribution in [1.29, 1.82) is 0 Å². The highest BCUT2D eigenvalue weighted by Gasteiger charge is 2.10. The smallest absolute Gasteiger partial charge is 0.249 e. The highest BCUT2D eigenvalue weighted by atomic mass is 35.5. The second-order valence-corrected chi connectivity index (χ2v) is 4.12. The summed E-state index contributed by atoms with van der Waals surface area (Å²) in [4.78, 5) is 11.4. The quantitative estimate of drug-likeness (QED) is 0.800. The van der Waals surface area contributed by atoms with E-state index in [1.807, 2.05) is 12.1 Å². The number of primary amides is 1. The summed E-state index contributed by atoms with van der Waals surface area (Å²) in [6.45, 7) is 0. The number of carbonyl (C=O) groups excluding carboxylic acids is 1. The zero-order valence-corrected chi connectivity index (χ0v) is 9.74. The van der Waals surface area contributed by atoms with Gasteiger partial charge < -0.3 is 11.5 Å². The average molecular weight is 247 g/mol. The van der Waals surface area contributed by atoms with Gasteiger partial charge in [0, 0.05) is 16.3 Å². The minimum absolute atomic E-state index is 0.396. The van der Waals surface area contributed by atoms with E-state index in [0.29, 0.717) is 16.3 Å². The zero-order chi connectivity index (χ0) is 12.4. The van der Waals surface area contributed by atoms with E-state index in [-0.39, 0.29) is 0 Å². The van der Waals surface area contributed by atoms with Crippen molar-refractivity contribution in [1.82, 2.24) is 0 Å². The standard InChI is InChI=1S/C13H11ClN2O/c14-9-3-1-2-8(6-9)11-5-4-10(15)7-12(11)13(16)17/h1-7H,15H2,(H2,16,17). The molecule has 0 aromatic heterocycles. The third kappa shape index (κ3) is 2.40. The van der Waals surface area contributed by atoms with Crippen molar-refractivity contribution in [2.24, 2.45) is 5.73 Å². The predicted molar refractivity (Wildman–Crippen MR) is 69.8 cm³/mol. The number of nitrogens with two attached hydrogens (primary N) is 2. The Bertz CT molecular complexity index is 581. The van der Waals surface area contributed by atoms with E-state index in [0.717, 1.165) is 11.1 Å². The maximum atomic E-state index is 11.4. The first kappa shape index (κ1) is 11.5. The third-order valence-corrected chi connectivity index (χ3v) is 2.68. The highest BCUT2D eigenvalue weighted by molar-refractivity contribution is 6.30. The molecule has 0 aliphatic rings. The fourth-order valence-electron chi connectivity index (χ4n) is 1.67. The van der Waals surface area contributed by atoms with E-state index < -0.39 is 5.91 Å². The van der Waals surface area contributed by atoms with Crippen LogP contribution in [0, 0.1) is 0 Å². The van der Waals surface area contributed by atoms with Crippen LogP contribution < -0.4 is 11.5 Å². The van der Waals surface area contributed by atoms with Gasteiger partial charge in [-0.15, -0.1) is 0 Å². The second kappa shape index (κ2) is 4.47. The lowest BCUT2D eigenvalue weighted by molar-refractivity contribution is 0.100. The second-order valence-electron chi connectivity index (χ2n) is 3.68. The van der Waals surface area contributed by atoms with Gasteiger partial charge in [-0.2, -0.15) is 0 Å². The summed E-state index contributed by atoms with van der Waals surface area (Å²) in [5, 5.41) is 0.606. The van der Waals surface area contributed by atoms with Crippen LogP contribution in [0.5, 0.6) is 0 Å². The molecule has 0 spiro atoms. The fourth-order valence-corrected chi connectivity index (χ4v) is 1.86. The maximum absolute atomic E-state index is 11.4. The molecular formula is C13H11ClN2O. The lowest BCUT2D eigenvalue weighted by atomic mass is 9.99. The van der Waals surface area contributed by atoms with Gasteiger partial charge in [0.25, 0.3) is 0 Å². The summed E-state index contributed by atoms with van der Waals surface area (Å²) >= 11 is 5.92. The van der Waals surface area contributed by atoms with Gasteiger partial charge in [0.15, 0.2) is 0 Å². The number of halogens is 1. The molecule has 2 aromatic carbocycles. The first-order chi connectivity index (χ1) is 8.08. The monoisotopic (exact) mass is 246 g/mol. The van der Waals surface area contributed by atoms with Crippen molar-refractivity contribution in [2.75, 3.05) is 5.73 Å². The maximum Gasteiger partial charge on any atom is 0.249 e. The molecule has 0 unspecified atom stereocenters. The summed E-state index contributed by atoms with van der Waals surface area (Å²) in [7, 11) is 0. The largest absolute Gasteiger partial charge is 0.399 e. The Morgan fingerprint density at radius 1 is 1.12 bits per heavy atom. The van der Waals surface area contributed by atoms with Gasteiger partial charge >= 0.3 is 0 Å². The van der Waals surface area contributed by atoms with Crippen LogP contribution in [-0.2, 0) is 0 Å². The molecule has 0 aliphatic heterocycles. The predicted octanol–water partition coefficient (Wildman–Crippen LogP) is 2.69. The Hall–Kier alpha value is -2.00. The third-order valence-electron chi connectivity index (χ3n) is 2.44. The van der Waals surface area contributed by atoms with Gasteiger partial charge in [-0.05, 0) is 35.4 Å². The number of benzene rings is 2. The number of nitrogen functional groups attached to an aromatic ring is 1. The van der Waals surface area contributed by atoms with Gasteiger partial charge in [0.2, 0.25) is 5.91 Å². The first-order valence-electron chi connectivity index (χ1n) is 5.03. The molecule has 0 saturated carbocycles. The van der Waals surface area contributed by atoms with E-state index in [1.165, 1.54) is 0 Å². The Kier molecular flexibility index (Phi) is 3.02. The van der Waals surface area contributed by atoms with Crippen LogP contribution in [0.1, 0.15) is 10.4 Å². The van der Waals surface area contributed by atoms with E-state index in [1.54, 1.807) is 30.3 Å². The van der Waals surface area contributed by atoms with E-state index in [4.69, 9.17) is 23.1 Å². The van der Waals surface area contributed by atoms with E-state index in [9.17, 15) is 4.79 Å². The molecule has 0 atom stereocenters. The number of anilines is 1. The van der Waals surface area contributed by atoms with Gasteiger partial charge in [-0.3, -0.25) is 4.79 Å². The number of amides is 1. The lowest BCUT2D eigenvalue weighted by Gasteiger charge is -2.08. The van der Waals surface area contributed by atoms with Crippen LogP contribution in [0.4, 0.5) is 5.69 Å². The number of rotatable bonds is 2. The van der Waals surface area contributed by atoms with Crippen LogP contribution >= 0.6 is 11.6 Å². The van der Waals surface area contributed by atoms with E-state index in [2.05, 4.69) is 0 Å². The summed E-state index contributed by atoms with van der Waals surface area (Å²) in [5.41, 5.74) is 13.4. The minimum atomic E-state index is -0.507. The molecular weight excluding hydrogens is 236 g/mol. The van der Waals surface area contributed by atoms with E-state index >= 15 is 0 Å². The number of hydrogen-bond acceptors (Lipinski definition) is 2. The average Bonchev–Trinajstić information content (AvgIpc) is 2.28. The zero-order valence-electron chi connectivity index (χ0n) is 8.98. The molecule has 86 valence electrons. The molecule has 0 bridgehead atoms. The molecule has 2 aromatic rings. The van der Waals surface area contributed by atoms with Crippen molar-refractivity contribution < 1.29 is 4.79 Å². The molecule has 2 rings (SSSR count). The van der Waals surface area contributed by atoms with Crippen LogP contribution in [0.2, 0.25) is 5.02 Å². The molecule has 1 amide bonds. The van der Waals surface area contributed by atoms with Crippen LogP contribution in [0.15, 0.2) is 42.5 Å². The van der Waals surface area contributed by atoms with Crippen molar-refractivity contribution in [3.05, 3.63) is 53.1 Å². The van der Waals surface area contributed by atoms with Crippen molar-refractivity contribution in [3.63, 3.8) is 0 Å². The highest BCUT2D eigenvalue weighted by Crippen LogP contribution is 2.27. The summed E-state index contributed by atoms with van der Waals surface area (Å²) < 4.78 is 0. The van der Waals surface area contributed by atoms with Crippen molar-refractivity contribution in [3.8, 4) is 11.1 Å². The Morgan fingerprint density at radius 2 is 1.88 bits per heavy atom. The Labute approximate surface area is 104 Å². The normalized spacial score (nSPS) is 10.2. The van der Waals surface area contributed by atoms with Crippen LogP contribution in [-0.4, -0.2) is 5.91 Å². The molecule has 0 saturated heterocycles. The topological polar surface area (TPSA) is 69.1 Å². The summed E-state index contributed by atoms with van der Waals surface area (Å²) in [5.74, 6) is -0.507. The van der Waals surface area contributed by atoms with Gasteiger partial charge in [0.05, 0.1) is 0 Å². The summed E-state index contributed by atoms with van der Waals surface area (Å²) in [6.07, 6.45) is 0. The summed E-state index contributed by atoms with van der Waals surface area (Å²) in [6, 6.07) is 12.3. The minimum Gasteiger partial charge on any atom is -0.399 e. The molecule has 17 heavy (non-hydrogen) atoms. The Morgan fingerprint density at radius 3 is 2.53 bits per heavy atom. The first-order valence-corrected chi connectivity index (χ1v) is 5.41. The Balaban J connectivity index is 2.63. The number of hydrogen-bond donors (Lipinski definition) is 2. The van der Waals surface area contributed by atoms with Gasteiger partial charge in [-0.25, -0.2) is 0 Å². The molecule has 0 aliphatic carbocycles. The molecule has 3 nitrogen and oxygen atoms in total. The molecule has 0 radical (unpaired) electrons. The van der Waals surface area contributed by atoms with Crippen LogP contribution in [0.25, 0.3) is 11.1 Å². The lowest BCUT2D eigenvalue weighted by Crippen LogP contribution is -2.12. The molecule has 0 fully saturated rings. The van der Waals surface area contributed by atoms with Gasteiger partial charge in [-0.1, -0.05) is 29.8 Å².